The summed E-state index contributed by atoms with van der Waals surface area (Å²) in [7, 11) is 0. The van der Waals surface area contributed by atoms with Crippen LogP contribution in [0.2, 0.25) is 5.02 Å². The highest BCUT2D eigenvalue weighted by atomic mass is 35.5. The quantitative estimate of drug-likeness (QED) is 0.215. The molecule has 276 valence electrons. The van der Waals surface area contributed by atoms with Gasteiger partial charge in [0.05, 0.1) is 32.3 Å². The van der Waals surface area contributed by atoms with E-state index in [0.29, 0.717) is 31.7 Å². The Hall–Kier alpha value is -3.87. The van der Waals surface area contributed by atoms with E-state index in [1.54, 1.807) is 6.07 Å². The van der Waals surface area contributed by atoms with Crippen LogP contribution < -0.4 is 20.5 Å². The molecule has 0 spiro atoms. The minimum Gasteiger partial charge on any atom is -0.475 e. The Bertz CT molecular complexity index is 2220. The topological polar surface area (TPSA) is 143 Å². The fourth-order valence-corrected chi connectivity index (χ4v) is 10.7. The number of halogens is 3. The van der Waals surface area contributed by atoms with E-state index in [4.69, 9.17) is 31.8 Å². The van der Waals surface area contributed by atoms with Crippen LogP contribution >= 0.6 is 22.9 Å². The molecule has 6 fully saturated rings. The fraction of sp³-hybridized carbons (Fsp3) is 0.526. The molecule has 2 aromatic carbocycles. The number of amides is 1. The van der Waals surface area contributed by atoms with Crippen LogP contribution in [0, 0.1) is 28.9 Å². The molecule has 2 aromatic heterocycles. The van der Waals surface area contributed by atoms with E-state index in [1.165, 1.54) is 25.0 Å². The Morgan fingerprint density at radius 2 is 1.94 bits per heavy atom. The number of fused-ring (bicyclic) bond motifs is 4. The molecule has 0 radical (unpaired) electrons. The van der Waals surface area contributed by atoms with E-state index in [1.807, 2.05) is 4.90 Å². The molecule has 0 bridgehead atoms. The van der Waals surface area contributed by atoms with Crippen molar-refractivity contribution < 1.29 is 23.0 Å². The summed E-state index contributed by atoms with van der Waals surface area (Å²) in [6.07, 6.45) is 7.60. The number of hydrogen-bond acceptors (Lipinski definition) is 11. The monoisotopic (exact) mass is 760 g/mol. The number of rotatable bonds is 9. The average molecular weight is 761 g/mol. The van der Waals surface area contributed by atoms with E-state index in [0.717, 1.165) is 63.1 Å². The molecule has 1 saturated carbocycles. The molecule has 5 saturated heterocycles. The zero-order chi connectivity index (χ0) is 36.2. The first-order valence-corrected chi connectivity index (χ1v) is 19.8. The van der Waals surface area contributed by atoms with Gasteiger partial charge in [-0.15, -0.1) is 11.3 Å². The Kier molecular flexibility index (Phi) is 8.00. The van der Waals surface area contributed by atoms with Crippen molar-refractivity contribution in [3.63, 3.8) is 0 Å². The van der Waals surface area contributed by atoms with Gasteiger partial charge in [0, 0.05) is 42.7 Å². The normalized spacial score (nSPS) is 26.3. The summed E-state index contributed by atoms with van der Waals surface area (Å²) in [4.78, 5) is 29.6. The summed E-state index contributed by atoms with van der Waals surface area (Å²) >= 11 is 7.82. The Balaban J connectivity index is 1.01. The van der Waals surface area contributed by atoms with Crippen LogP contribution in [0.15, 0.2) is 18.2 Å². The molecule has 11 nitrogen and oxygen atoms in total. The Morgan fingerprint density at radius 3 is 2.68 bits per heavy atom. The molecule has 4 aromatic rings. The molecule has 2 unspecified atom stereocenters. The van der Waals surface area contributed by atoms with Crippen molar-refractivity contribution in [2.75, 3.05) is 51.7 Å². The molecule has 4 atom stereocenters. The predicted molar refractivity (Wildman–Crippen MR) is 197 cm³/mol. The van der Waals surface area contributed by atoms with E-state index in [9.17, 15) is 14.4 Å². The SMILES string of the molecule is N#Cc1c(N)sc2c(F)ccc(-c3c(Cl)cc4c(OCC5CN(C(=O)[C@@H]6N[C@H]6C6CC6)CC6CCN65)nc(OCC56CCCN5CCC6)nc4c3F)c12. The van der Waals surface area contributed by atoms with Crippen molar-refractivity contribution in [1.29, 1.82) is 5.26 Å². The number of aromatic nitrogens is 2. The van der Waals surface area contributed by atoms with Gasteiger partial charge in [-0.05, 0) is 81.6 Å². The number of nitrogens with one attached hydrogen (secondary N) is 1. The molecular weight excluding hydrogens is 722 g/mol. The second-order valence-corrected chi connectivity index (χ2v) is 17.1. The molecule has 1 aliphatic carbocycles. The largest absolute Gasteiger partial charge is 0.475 e. The number of nitrogens with two attached hydrogens (primary N) is 1. The number of carbonyl (C=O) groups excluding carboxylic acids is 1. The fourth-order valence-electron chi connectivity index (χ4n) is 9.51. The molecule has 3 N–H and O–H groups in total. The number of nitrogen functional groups attached to an aromatic ring is 1. The smallest absolute Gasteiger partial charge is 0.320 e. The molecule has 53 heavy (non-hydrogen) atoms. The maximum Gasteiger partial charge on any atom is 0.320 e. The minimum atomic E-state index is -0.771. The number of carbonyl (C=O) groups is 1. The van der Waals surface area contributed by atoms with Gasteiger partial charge < -0.3 is 20.1 Å². The zero-order valence-corrected chi connectivity index (χ0v) is 30.6. The van der Waals surface area contributed by atoms with Crippen LogP contribution in [-0.2, 0) is 4.79 Å². The summed E-state index contributed by atoms with van der Waals surface area (Å²) in [5.41, 5.74) is 6.20. The number of benzene rings is 2. The first kappa shape index (κ1) is 33.7. The van der Waals surface area contributed by atoms with Crippen LogP contribution in [0.5, 0.6) is 11.9 Å². The molecule has 10 rings (SSSR count). The lowest BCUT2D eigenvalue weighted by Crippen LogP contribution is -2.67. The number of hydrogen-bond donors (Lipinski definition) is 2. The highest BCUT2D eigenvalue weighted by Gasteiger charge is 2.53. The number of thiophene rings is 1. The van der Waals surface area contributed by atoms with Gasteiger partial charge in [-0.1, -0.05) is 17.7 Å². The first-order chi connectivity index (χ1) is 25.7. The highest BCUT2D eigenvalue weighted by molar-refractivity contribution is 7.23. The summed E-state index contributed by atoms with van der Waals surface area (Å²) in [6, 6.07) is 6.63. The van der Waals surface area contributed by atoms with Gasteiger partial charge in [-0.3, -0.25) is 19.9 Å². The van der Waals surface area contributed by atoms with Crippen molar-refractivity contribution in [2.24, 2.45) is 5.92 Å². The van der Waals surface area contributed by atoms with Crippen LogP contribution in [-0.4, -0.2) is 106 Å². The molecule has 6 aliphatic rings. The maximum absolute atomic E-state index is 17.1. The van der Waals surface area contributed by atoms with Crippen molar-refractivity contribution >= 4 is 54.8 Å². The number of anilines is 1. The minimum absolute atomic E-state index is 0.0113. The third-order valence-corrected chi connectivity index (χ3v) is 13.9. The average Bonchev–Trinajstić information content (AvgIpc) is 4.02. The summed E-state index contributed by atoms with van der Waals surface area (Å²) in [5, 5.41) is 13.9. The van der Waals surface area contributed by atoms with Gasteiger partial charge >= 0.3 is 6.01 Å². The maximum atomic E-state index is 17.1. The van der Waals surface area contributed by atoms with Gasteiger partial charge in [0.1, 0.15) is 41.7 Å². The second kappa shape index (κ2) is 12.6. The van der Waals surface area contributed by atoms with Gasteiger partial charge in [0.25, 0.3) is 0 Å². The Morgan fingerprint density at radius 1 is 1.13 bits per heavy atom. The number of piperazine rings is 1. The second-order valence-electron chi connectivity index (χ2n) is 15.6. The van der Waals surface area contributed by atoms with Crippen LogP contribution in [0.3, 0.4) is 0 Å². The number of ether oxygens (including phenoxy) is 2. The lowest BCUT2D eigenvalue weighted by atomic mass is 9.94. The van der Waals surface area contributed by atoms with Crippen molar-refractivity contribution in [1.82, 2.24) is 30.0 Å². The summed E-state index contributed by atoms with van der Waals surface area (Å²) in [5.74, 6) is -0.420. The Labute approximate surface area is 314 Å². The van der Waals surface area contributed by atoms with Gasteiger partial charge in [0.15, 0.2) is 5.82 Å². The summed E-state index contributed by atoms with van der Waals surface area (Å²) in [6.45, 7) is 4.78. The predicted octanol–water partition coefficient (Wildman–Crippen LogP) is 5.32. The summed E-state index contributed by atoms with van der Waals surface area (Å²) < 4.78 is 45.0. The highest BCUT2D eigenvalue weighted by Crippen LogP contribution is 2.46. The first-order valence-electron chi connectivity index (χ1n) is 18.6. The lowest BCUT2D eigenvalue weighted by molar-refractivity contribution is -0.140. The lowest BCUT2D eigenvalue weighted by Gasteiger charge is -2.53. The van der Waals surface area contributed by atoms with Crippen molar-refractivity contribution in [3.05, 3.63) is 40.4 Å². The van der Waals surface area contributed by atoms with E-state index in [2.05, 4.69) is 26.2 Å². The van der Waals surface area contributed by atoms with Gasteiger partial charge in [0.2, 0.25) is 11.8 Å². The molecule has 15 heteroatoms. The molecular formula is C38H39ClF2N8O3S. The van der Waals surface area contributed by atoms with Crippen LogP contribution in [0.1, 0.15) is 50.5 Å². The third kappa shape index (κ3) is 5.53. The van der Waals surface area contributed by atoms with E-state index in [-0.39, 0.29) is 95.8 Å². The van der Waals surface area contributed by atoms with Crippen molar-refractivity contribution in [3.8, 4) is 29.1 Å². The van der Waals surface area contributed by atoms with Gasteiger partial charge in [-0.25, -0.2) is 8.78 Å². The van der Waals surface area contributed by atoms with Crippen LogP contribution in [0.4, 0.5) is 13.8 Å². The van der Waals surface area contributed by atoms with E-state index < -0.39 is 11.6 Å². The van der Waals surface area contributed by atoms with Crippen molar-refractivity contribution in [2.45, 2.75) is 74.7 Å². The third-order valence-electron chi connectivity index (χ3n) is 12.6. The van der Waals surface area contributed by atoms with Crippen LogP contribution in [0.25, 0.3) is 32.1 Å². The number of nitriles is 1. The molecule has 1 amide bonds. The molecule has 7 heterocycles. The number of nitrogens with zero attached hydrogens (tertiary/aromatic N) is 6. The zero-order valence-electron chi connectivity index (χ0n) is 29.0. The molecule has 5 aliphatic heterocycles. The standard InChI is InChI=1S/C38H39ClF2N8O3S/c39-25-13-23-31(29(41)28(25)22-5-6-26(40)33-27(22)24(14-42)34(43)53-33)45-37(52-18-38-8-1-10-48(38)11-2-9-38)46-35(23)51-17-21-16-47(15-20-7-12-49(20)21)36(50)32-30(44-32)19-3-4-19/h5-6,13,19-21,30,32,44H,1-4,7-12,15-18,43H2/t20?,21?,30-,32+/m0/s1. The van der Waals surface area contributed by atoms with E-state index >= 15 is 4.39 Å². The van der Waals surface area contributed by atoms with Gasteiger partial charge in [-0.2, -0.15) is 15.2 Å².